The SMILES string of the molecule is Cc1cccc(C)c1CC(=O)CC(C)(C)N. The van der Waals surface area contributed by atoms with E-state index in [1.54, 1.807) is 0 Å². The highest BCUT2D eigenvalue weighted by atomic mass is 16.1. The molecular weight excluding hydrogens is 198 g/mol. The van der Waals surface area contributed by atoms with E-state index in [2.05, 4.69) is 0 Å². The monoisotopic (exact) mass is 219 g/mol. The smallest absolute Gasteiger partial charge is 0.139 e. The minimum absolute atomic E-state index is 0.213. The number of carbonyl (C=O) groups is 1. The maximum atomic E-state index is 11.9. The van der Waals surface area contributed by atoms with Gasteiger partial charge in [-0.2, -0.15) is 0 Å². The van der Waals surface area contributed by atoms with Crippen LogP contribution >= 0.6 is 0 Å². The molecule has 88 valence electrons. The Bertz CT molecular complexity index is 368. The van der Waals surface area contributed by atoms with Crippen LogP contribution in [0.5, 0.6) is 0 Å². The Morgan fingerprint density at radius 1 is 1.25 bits per heavy atom. The molecule has 2 nitrogen and oxygen atoms in total. The van der Waals surface area contributed by atoms with Gasteiger partial charge in [0.1, 0.15) is 5.78 Å². The zero-order chi connectivity index (χ0) is 12.3. The van der Waals surface area contributed by atoms with Crippen molar-refractivity contribution in [1.29, 1.82) is 0 Å². The van der Waals surface area contributed by atoms with E-state index >= 15 is 0 Å². The number of aryl methyl sites for hydroxylation is 2. The second-order valence-corrected chi connectivity index (χ2v) is 5.25. The van der Waals surface area contributed by atoms with Crippen LogP contribution in [0.15, 0.2) is 18.2 Å². The van der Waals surface area contributed by atoms with Gasteiger partial charge in [0, 0.05) is 18.4 Å². The quantitative estimate of drug-likeness (QED) is 0.845. The minimum Gasteiger partial charge on any atom is -0.325 e. The normalized spacial score (nSPS) is 11.6. The van der Waals surface area contributed by atoms with Gasteiger partial charge in [0.15, 0.2) is 0 Å². The molecule has 0 unspecified atom stereocenters. The second kappa shape index (κ2) is 4.79. The van der Waals surface area contributed by atoms with Gasteiger partial charge in [-0.15, -0.1) is 0 Å². The summed E-state index contributed by atoms with van der Waals surface area (Å²) in [5.74, 6) is 0.213. The molecule has 0 bridgehead atoms. The summed E-state index contributed by atoms with van der Waals surface area (Å²) in [6, 6.07) is 6.11. The van der Waals surface area contributed by atoms with Crippen molar-refractivity contribution in [3.05, 3.63) is 34.9 Å². The zero-order valence-corrected chi connectivity index (χ0v) is 10.6. The summed E-state index contributed by atoms with van der Waals surface area (Å²) >= 11 is 0. The highest BCUT2D eigenvalue weighted by Crippen LogP contribution is 2.16. The number of Topliss-reactive ketones (excluding diaryl/α,β-unsaturated/α-hetero) is 1. The second-order valence-electron chi connectivity index (χ2n) is 5.25. The summed E-state index contributed by atoms with van der Waals surface area (Å²) in [6.07, 6.45) is 0.930. The van der Waals surface area contributed by atoms with Gasteiger partial charge in [0.25, 0.3) is 0 Å². The Labute approximate surface area is 97.9 Å². The molecule has 1 rings (SSSR count). The first-order valence-corrected chi connectivity index (χ1v) is 5.65. The Hall–Kier alpha value is -1.15. The van der Waals surface area contributed by atoms with Gasteiger partial charge in [0.2, 0.25) is 0 Å². The first-order chi connectivity index (χ1) is 7.29. The lowest BCUT2D eigenvalue weighted by molar-refractivity contribution is -0.119. The number of nitrogens with two attached hydrogens (primary N) is 1. The molecule has 16 heavy (non-hydrogen) atoms. The van der Waals surface area contributed by atoms with Crippen molar-refractivity contribution < 1.29 is 4.79 Å². The molecule has 0 heterocycles. The lowest BCUT2D eigenvalue weighted by Gasteiger charge is -2.18. The van der Waals surface area contributed by atoms with Crippen molar-refractivity contribution in [2.45, 2.75) is 46.1 Å². The van der Waals surface area contributed by atoms with Crippen molar-refractivity contribution in [2.75, 3.05) is 0 Å². The van der Waals surface area contributed by atoms with E-state index in [0.717, 1.165) is 5.56 Å². The van der Waals surface area contributed by atoms with E-state index in [0.29, 0.717) is 12.8 Å². The van der Waals surface area contributed by atoms with Crippen LogP contribution in [0.2, 0.25) is 0 Å². The molecule has 0 aliphatic heterocycles. The van der Waals surface area contributed by atoms with Crippen LogP contribution < -0.4 is 5.73 Å². The molecule has 2 N–H and O–H groups in total. The summed E-state index contributed by atoms with van der Waals surface area (Å²) in [4.78, 5) is 11.9. The van der Waals surface area contributed by atoms with Crippen LogP contribution in [-0.4, -0.2) is 11.3 Å². The van der Waals surface area contributed by atoms with Crippen LogP contribution in [-0.2, 0) is 11.2 Å². The predicted molar refractivity (Wildman–Crippen MR) is 67.5 cm³/mol. The van der Waals surface area contributed by atoms with Crippen molar-refractivity contribution >= 4 is 5.78 Å². The Balaban J connectivity index is 2.78. The predicted octanol–water partition coefficient (Wildman–Crippen LogP) is 2.54. The molecule has 0 saturated heterocycles. The largest absolute Gasteiger partial charge is 0.325 e. The number of carbonyl (C=O) groups excluding carboxylic acids is 1. The minimum atomic E-state index is -0.409. The highest BCUT2D eigenvalue weighted by Gasteiger charge is 2.17. The molecule has 0 spiro atoms. The molecule has 0 aliphatic carbocycles. The van der Waals surface area contributed by atoms with Crippen LogP contribution in [0.25, 0.3) is 0 Å². The summed E-state index contributed by atoms with van der Waals surface area (Å²) < 4.78 is 0. The fraction of sp³-hybridized carbons (Fsp3) is 0.500. The van der Waals surface area contributed by atoms with E-state index in [9.17, 15) is 4.79 Å². The summed E-state index contributed by atoms with van der Waals surface area (Å²) in [6.45, 7) is 7.86. The summed E-state index contributed by atoms with van der Waals surface area (Å²) in [5.41, 5.74) is 8.95. The van der Waals surface area contributed by atoms with Gasteiger partial charge >= 0.3 is 0 Å². The molecule has 0 radical (unpaired) electrons. The number of rotatable bonds is 4. The molecule has 0 saturated carbocycles. The lowest BCUT2D eigenvalue weighted by Crippen LogP contribution is -2.35. The zero-order valence-electron chi connectivity index (χ0n) is 10.6. The number of hydrogen-bond donors (Lipinski definition) is 1. The molecule has 0 amide bonds. The van der Waals surface area contributed by atoms with Gasteiger partial charge < -0.3 is 5.73 Å². The Morgan fingerprint density at radius 3 is 2.19 bits per heavy atom. The average Bonchev–Trinajstić information content (AvgIpc) is 2.08. The van der Waals surface area contributed by atoms with E-state index in [1.165, 1.54) is 11.1 Å². The molecule has 0 aliphatic rings. The highest BCUT2D eigenvalue weighted by molar-refractivity contribution is 5.82. The molecular formula is C14H21NO. The third-order valence-electron chi connectivity index (χ3n) is 2.67. The fourth-order valence-electron chi connectivity index (χ4n) is 1.90. The molecule has 1 aromatic rings. The number of hydrogen-bond acceptors (Lipinski definition) is 2. The van der Waals surface area contributed by atoms with Crippen LogP contribution in [0, 0.1) is 13.8 Å². The fourth-order valence-corrected chi connectivity index (χ4v) is 1.90. The van der Waals surface area contributed by atoms with E-state index < -0.39 is 5.54 Å². The number of benzene rings is 1. The lowest BCUT2D eigenvalue weighted by atomic mass is 9.92. The Kier molecular flexibility index (Phi) is 3.87. The summed E-state index contributed by atoms with van der Waals surface area (Å²) in [7, 11) is 0. The third kappa shape index (κ3) is 3.78. The van der Waals surface area contributed by atoms with E-state index in [-0.39, 0.29) is 5.78 Å². The molecule has 2 heteroatoms. The standard InChI is InChI=1S/C14H21NO/c1-10-6-5-7-11(2)13(10)8-12(16)9-14(3,4)15/h5-7H,8-9,15H2,1-4H3. The average molecular weight is 219 g/mol. The maximum Gasteiger partial charge on any atom is 0.139 e. The van der Waals surface area contributed by atoms with Gasteiger partial charge in [-0.05, 0) is 44.4 Å². The third-order valence-corrected chi connectivity index (χ3v) is 2.67. The topological polar surface area (TPSA) is 43.1 Å². The van der Waals surface area contributed by atoms with Crippen molar-refractivity contribution in [3.8, 4) is 0 Å². The van der Waals surface area contributed by atoms with Gasteiger partial charge in [-0.3, -0.25) is 4.79 Å². The summed E-state index contributed by atoms with van der Waals surface area (Å²) in [5, 5.41) is 0. The first-order valence-electron chi connectivity index (χ1n) is 5.65. The van der Waals surface area contributed by atoms with Crippen LogP contribution in [0.1, 0.15) is 37.0 Å². The van der Waals surface area contributed by atoms with Crippen molar-refractivity contribution in [3.63, 3.8) is 0 Å². The van der Waals surface area contributed by atoms with Gasteiger partial charge in [-0.25, -0.2) is 0 Å². The molecule has 0 atom stereocenters. The van der Waals surface area contributed by atoms with Crippen molar-refractivity contribution in [2.24, 2.45) is 5.73 Å². The maximum absolute atomic E-state index is 11.9. The number of ketones is 1. The first kappa shape index (κ1) is 12.9. The molecule has 0 fully saturated rings. The van der Waals surface area contributed by atoms with Crippen LogP contribution in [0.4, 0.5) is 0 Å². The Morgan fingerprint density at radius 2 is 1.75 bits per heavy atom. The van der Waals surface area contributed by atoms with Crippen LogP contribution in [0.3, 0.4) is 0 Å². The van der Waals surface area contributed by atoms with Gasteiger partial charge in [0.05, 0.1) is 0 Å². The van der Waals surface area contributed by atoms with E-state index in [1.807, 2.05) is 45.9 Å². The van der Waals surface area contributed by atoms with Gasteiger partial charge in [-0.1, -0.05) is 18.2 Å². The molecule has 0 aromatic heterocycles. The molecule has 1 aromatic carbocycles. The van der Waals surface area contributed by atoms with Crippen molar-refractivity contribution in [1.82, 2.24) is 0 Å². The van der Waals surface area contributed by atoms with E-state index in [4.69, 9.17) is 5.73 Å².